The molecule has 49 heavy (non-hydrogen) atoms. The smallest absolute Gasteiger partial charge is 0.251 e. The van der Waals surface area contributed by atoms with E-state index in [2.05, 4.69) is 38.5 Å². The van der Waals surface area contributed by atoms with E-state index in [-0.39, 0.29) is 48.2 Å². The maximum atomic E-state index is 13.5. The first kappa shape index (κ1) is 36.3. The number of nitrogens with two attached hydrogens (primary N) is 1. The molecule has 0 saturated carbocycles. The Kier molecular flexibility index (Phi) is 11.5. The lowest BCUT2D eigenvalue weighted by Crippen LogP contribution is -2.44. The molecule has 0 saturated heterocycles. The summed E-state index contributed by atoms with van der Waals surface area (Å²) in [7, 11) is 1.50. The van der Waals surface area contributed by atoms with Crippen LogP contribution in [0.5, 0.6) is 0 Å². The molecular formula is C39H42FN5O4. The van der Waals surface area contributed by atoms with Gasteiger partial charge in [-0.25, -0.2) is 4.39 Å². The molecule has 1 aromatic heterocycles. The molecule has 3 aromatic carbocycles. The first-order valence-electron chi connectivity index (χ1n) is 16.3. The van der Waals surface area contributed by atoms with Crippen molar-refractivity contribution in [3.63, 3.8) is 0 Å². The second kappa shape index (κ2) is 15.6. The maximum absolute atomic E-state index is 13.5. The van der Waals surface area contributed by atoms with Crippen molar-refractivity contribution in [3.8, 4) is 11.8 Å². The van der Waals surface area contributed by atoms with Crippen molar-refractivity contribution >= 4 is 34.9 Å². The number of Topliss-reactive ketones (excluding diaryl/α,β-unsaturated/α-hetero) is 1. The van der Waals surface area contributed by atoms with Crippen LogP contribution in [0.15, 0.2) is 72.8 Å². The van der Waals surface area contributed by atoms with Gasteiger partial charge in [-0.2, -0.15) is 0 Å². The predicted molar refractivity (Wildman–Crippen MR) is 190 cm³/mol. The number of anilines is 2. The highest BCUT2D eigenvalue weighted by Gasteiger charge is 2.56. The van der Waals surface area contributed by atoms with Crippen LogP contribution < -0.4 is 21.7 Å². The summed E-state index contributed by atoms with van der Waals surface area (Å²) < 4.78 is 13.4. The molecule has 3 atom stereocenters. The number of hydrogen-bond donors (Lipinski definition) is 5. The van der Waals surface area contributed by atoms with E-state index in [1.54, 1.807) is 54.6 Å². The van der Waals surface area contributed by atoms with Crippen LogP contribution in [0.2, 0.25) is 0 Å². The average Bonchev–Trinajstić information content (AvgIpc) is 3.56. The Morgan fingerprint density at radius 3 is 2.27 bits per heavy atom. The zero-order valence-corrected chi connectivity index (χ0v) is 28.6. The molecule has 10 heteroatoms. The number of aryl methyl sites for hydroxylation is 1. The standard InChI is InChI=1S/C36H31FN4O4.C2H6.CH5N/c1-20-32(41-31(43)16-15-30(42)24-7-5-4-6-8-24)22(3)38-33(20)27-17-18-36(27)28-19-25(11-14-29(28)40-35(36)45)34(44)39-21(2)23-9-12-26(37)13-10-23;2*1-2/h4-14,19,21,27,38H,15-16H2,1-3H3,(H,39,44)(H,40,45)(H,41,43);1-2H3;2H2,1H3. The number of fused-ring (bicyclic) bond motifs is 2. The van der Waals surface area contributed by atoms with Crippen molar-refractivity contribution in [1.82, 2.24) is 10.3 Å². The molecular weight excluding hydrogens is 621 g/mol. The van der Waals surface area contributed by atoms with E-state index in [0.717, 1.165) is 11.1 Å². The van der Waals surface area contributed by atoms with E-state index in [4.69, 9.17) is 0 Å². The molecule has 1 spiro atoms. The van der Waals surface area contributed by atoms with Crippen LogP contribution in [0.3, 0.4) is 0 Å². The summed E-state index contributed by atoms with van der Waals surface area (Å²) in [6.45, 7) is 9.49. The van der Waals surface area contributed by atoms with Crippen LogP contribution >= 0.6 is 0 Å². The highest BCUT2D eigenvalue weighted by molar-refractivity contribution is 6.12. The molecule has 6 N–H and O–H groups in total. The molecule has 2 aliphatic rings. The zero-order chi connectivity index (χ0) is 35.9. The molecule has 0 fully saturated rings. The largest absolute Gasteiger partial charge is 0.359 e. The summed E-state index contributed by atoms with van der Waals surface area (Å²) >= 11 is 0. The van der Waals surface area contributed by atoms with Gasteiger partial charge in [0.05, 0.1) is 17.6 Å². The molecule has 1 aliphatic carbocycles. The lowest BCUT2D eigenvalue weighted by Gasteiger charge is -2.34. The van der Waals surface area contributed by atoms with Crippen LogP contribution in [0.4, 0.5) is 15.8 Å². The summed E-state index contributed by atoms with van der Waals surface area (Å²) in [5, 5.41) is 8.78. The van der Waals surface area contributed by atoms with Crippen molar-refractivity contribution in [2.45, 2.75) is 64.8 Å². The number of hydrogen-bond acceptors (Lipinski definition) is 5. The third kappa shape index (κ3) is 7.17. The van der Waals surface area contributed by atoms with Gasteiger partial charge in [-0.05, 0) is 69.3 Å². The van der Waals surface area contributed by atoms with E-state index >= 15 is 0 Å². The molecule has 0 bridgehead atoms. The van der Waals surface area contributed by atoms with E-state index in [0.29, 0.717) is 39.5 Å². The van der Waals surface area contributed by atoms with Gasteiger partial charge >= 0.3 is 0 Å². The number of amides is 3. The quantitative estimate of drug-likeness (QED) is 0.103. The third-order valence-electron chi connectivity index (χ3n) is 8.58. The number of carbonyl (C=O) groups is 4. The number of ketones is 1. The molecule has 3 amide bonds. The first-order chi connectivity index (χ1) is 23.6. The van der Waals surface area contributed by atoms with Crippen molar-refractivity contribution in [2.75, 3.05) is 17.7 Å². The van der Waals surface area contributed by atoms with E-state index in [1.165, 1.54) is 19.2 Å². The molecule has 3 unspecified atom stereocenters. The second-order valence-electron chi connectivity index (χ2n) is 11.5. The summed E-state index contributed by atoms with van der Waals surface area (Å²) in [5.41, 5.74) is 8.91. The van der Waals surface area contributed by atoms with Crippen LogP contribution in [0, 0.1) is 31.5 Å². The Hall–Kier alpha value is -5.53. The number of nitrogens with one attached hydrogen (secondary N) is 4. The fraction of sp³-hybridized carbons (Fsp3) is 0.282. The van der Waals surface area contributed by atoms with Crippen LogP contribution in [-0.2, 0) is 15.0 Å². The predicted octanol–water partition coefficient (Wildman–Crippen LogP) is 6.46. The van der Waals surface area contributed by atoms with Gasteiger partial charge < -0.3 is 26.7 Å². The van der Waals surface area contributed by atoms with Crippen molar-refractivity contribution in [1.29, 1.82) is 0 Å². The highest BCUT2D eigenvalue weighted by Crippen LogP contribution is 2.52. The zero-order valence-electron chi connectivity index (χ0n) is 28.6. The summed E-state index contributed by atoms with van der Waals surface area (Å²) in [5.74, 6) is 4.30. The minimum atomic E-state index is -1.21. The maximum Gasteiger partial charge on any atom is 0.251 e. The van der Waals surface area contributed by atoms with Gasteiger partial charge in [0.15, 0.2) is 11.2 Å². The number of halogens is 1. The van der Waals surface area contributed by atoms with Crippen molar-refractivity contribution in [2.24, 2.45) is 5.73 Å². The second-order valence-corrected chi connectivity index (χ2v) is 11.5. The van der Waals surface area contributed by atoms with Gasteiger partial charge in [0.2, 0.25) is 11.8 Å². The van der Waals surface area contributed by atoms with Gasteiger partial charge in [0.25, 0.3) is 5.91 Å². The fourth-order valence-electron chi connectivity index (χ4n) is 6.01. The topological polar surface area (TPSA) is 146 Å². The molecule has 2 heterocycles. The number of rotatable bonds is 9. The van der Waals surface area contributed by atoms with Gasteiger partial charge in [-0.1, -0.05) is 68.2 Å². The number of aromatic nitrogens is 1. The Labute approximate surface area is 286 Å². The SMILES string of the molecule is CC.CN.Cc1[nH]c(C2C#CC23C(=O)Nc2ccc(C(=O)NC(C)c4ccc(F)cc4)cc23)c(C)c1NC(=O)CCC(=O)c1ccccc1. The highest BCUT2D eigenvalue weighted by atomic mass is 19.1. The molecule has 1 aliphatic heterocycles. The van der Waals surface area contributed by atoms with Gasteiger partial charge in [0.1, 0.15) is 5.82 Å². The third-order valence-corrected chi connectivity index (χ3v) is 8.58. The Morgan fingerprint density at radius 2 is 1.63 bits per heavy atom. The van der Waals surface area contributed by atoms with Crippen molar-refractivity contribution < 1.29 is 23.6 Å². The van der Waals surface area contributed by atoms with E-state index < -0.39 is 11.3 Å². The lowest BCUT2D eigenvalue weighted by atomic mass is 9.64. The number of benzene rings is 3. The fourth-order valence-corrected chi connectivity index (χ4v) is 6.01. The summed E-state index contributed by atoms with van der Waals surface area (Å²) in [6.07, 6.45) is 0.110. The number of aromatic amines is 1. The normalized spacial score (nSPS) is 17.0. The van der Waals surface area contributed by atoms with Gasteiger partial charge in [-0.15, -0.1) is 0 Å². The first-order valence-corrected chi connectivity index (χ1v) is 16.3. The molecule has 9 nitrogen and oxygen atoms in total. The van der Waals surface area contributed by atoms with Gasteiger partial charge in [0, 0.05) is 46.6 Å². The minimum absolute atomic E-state index is 0.0285. The summed E-state index contributed by atoms with van der Waals surface area (Å²) in [6, 6.07) is 19.5. The average molecular weight is 664 g/mol. The van der Waals surface area contributed by atoms with Crippen LogP contribution in [0.25, 0.3) is 0 Å². The van der Waals surface area contributed by atoms with Crippen molar-refractivity contribution in [3.05, 3.63) is 118 Å². The molecule has 254 valence electrons. The lowest BCUT2D eigenvalue weighted by molar-refractivity contribution is -0.119. The monoisotopic (exact) mass is 663 g/mol. The Morgan fingerprint density at radius 1 is 0.959 bits per heavy atom. The van der Waals surface area contributed by atoms with Crippen LogP contribution in [0.1, 0.15) is 94.4 Å². The Bertz CT molecular complexity index is 1920. The molecule has 6 rings (SSSR count). The van der Waals surface area contributed by atoms with E-state index in [1.807, 2.05) is 40.7 Å². The van der Waals surface area contributed by atoms with Crippen LogP contribution in [-0.4, -0.2) is 35.5 Å². The molecule has 4 aromatic rings. The minimum Gasteiger partial charge on any atom is -0.359 e. The number of H-pyrrole nitrogens is 1. The molecule has 0 radical (unpaired) electrons. The number of carbonyl (C=O) groups excluding carboxylic acids is 4. The van der Waals surface area contributed by atoms with E-state index in [9.17, 15) is 23.6 Å². The van der Waals surface area contributed by atoms with Gasteiger partial charge in [-0.3, -0.25) is 19.2 Å². The summed E-state index contributed by atoms with van der Waals surface area (Å²) in [4.78, 5) is 55.3. The Balaban J connectivity index is 0.00000130.